The van der Waals surface area contributed by atoms with Gasteiger partial charge in [-0.1, -0.05) is 0 Å². The van der Waals surface area contributed by atoms with Crippen molar-refractivity contribution in [1.29, 1.82) is 0 Å². The highest BCUT2D eigenvalue weighted by atomic mass is 16.5. The van der Waals surface area contributed by atoms with Crippen LogP contribution in [0.5, 0.6) is 5.75 Å². The molecule has 1 aromatic heterocycles. The Labute approximate surface area is 125 Å². The molecule has 0 fully saturated rings. The van der Waals surface area contributed by atoms with Crippen LogP contribution < -0.4 is 15.4 Å². The zero-order chi connectivity index (χ0) is 15.1. The average molecular weight is 287 g/mol. The molecule has 0 amide bonds. The van der Waals surface area contributed by atoms with E-state index in [0.717, 1.165) is 30.3 Å². The van der Waals surface area contributed by atoms with E-state index in [0.29, 0.717) is 5.95 Å². The zero-order valence-corrected chi connectivity index (χ0v) is 12.6. The lowest BCUT2D eigenvalue weighted by Gasteiger charge is -2.11. The second-order valence-corrected chi connectivity index (χ2v) is 4.85. The quantitative estimate of drug-likeness (QED) is 0.814. The Kier molecular flexibility index (Phi) is 5.34. The minimum Gasteiger partial charge on any atom is -0.497 e. The molecule has 0 radical (unpaired) electrons. The maximum absolute atomic E-state index is 5.13. The van der Waals surface area contributed by atoms with E-state index in [-0.39, 0.29) is 0 Å². The number of nitrogens with one attached hydrogen (secondary N) is 2. The van der Waals surface area contributed by atoms with Crippen molar-refractivity contribution in [2.24, 2.45) is 0 Å². The van der Waals surface area contributed by atoms with Crippen LogP contribution in [-0.4, -0.2) is 49.2 Å². The van der Waals surface area contributed by atoms with E-state index in [4.69, 9.17) is 4.74 Å². The van der Waals surface area contributed by atoms with E-state index in [9.17, 15) is 0 Å². The van der Waals surface area contributed by atoms with E-state index in [1.807, 2.05) is 44.4 Å². The largest absolute Gasteiger partial charge is 0.497 e. The molecule has 6 nitrogen and oxygen atoms in total. The first kappa shape index (κ1) is 15.1. The first-order valence-corrected chi connectivity index (χ1v) is 6.80. The molecule has 112 valence electrons. The molecule has 0 unspecified atom stereocenters. The number of ether oxygens (including phenoxy) is 1. The topological polar surface area (TPSA) is 62.3 Å². The second kappa shape index (κ2) is 7.44. The number of anilines is 3. The van der Waals surface area contributed by atoms with Gasteiger partial charge in [0.2, 0.25) is 5.95 Å². The fourth-order valence-electron chi connectivity index (χ4n) is 1.73. The number of hydrogen-bond donors (Lipinski definition) is 2. The van der Waals surface area contributed by atoms with Crippen LogP contribution in [0, 0.1) is 0 Å². The molecular weight excluding hydrogens is 266 g/mol. The Morgan fingerprint density at radius 2 is 1.90 bits per heavy atom. The minimum absolute atomic E-state index is 0.621. The summed E-state index contributed by atoms with van der Waals surface area (Å²) in [5, 5.41) is 6.43. The summed E-state index contributed by atoms with van der Waals surface area (Å²) in [6.07, 6.45) is 1.73. The number of likely N-dealkylation sites (N-methyl/N-ethyl adjacent to an activating group) is 1. The van der Waals surface area contributed by atoms with Crippen molar-refractivity contribution in [2.75, 3.05) is 44.9 Å². The molecule has 0 bridgehead atoms. The van der Waals surface area contributed by atoms with Crippen LogP contribution in [0.4, 0.5) is 17.5 Å². The molecule has 6 heteroatoms. The zero-order valence-electron chi connectivity index (χ0n) is 12.6. The lowest BCUT2D eigenvalue weighted by molar-refractivity contribution is 0.415. The van der Waals surface area contributed by atoms with Gasteiger partial charge >= 0.3 is 0 Å². The van der Waals surface area contributed by atoms with Gasteiger partial charge in [-0.25, -0.2) is 4.98 Å². The van der Waals surface area contributed by atoms with E-state index >= 15 is 0 Å². The molecule has 1 heterocycles. The summed E-state index contributed by atoms with van der Waals surface area (Å²) in [6, 6.07) is 9.53. The summed E-state index contributed by atoms with van der Waals surface area (Å²) in [5.74, 6) is 2.20. The van der Waals surface area contributed by atoms with Gasteiger partial charge in [0, 0.05) is 25.0 Å². The van der Waals surface area contributed by atoms with E-state index in [2.05, 4.69) is 25.5 Å². The van der Waals surface area contributed by atoms with Crippen molar-refractivity contribution >= 4 is 17.5 Å². The molecule has 0 aliphatic rings. The molecule has 0 atom stereocenters. The molecule has 0 aliphatic carbocycles. The third-order valence-electron chi connectivity index (χ3n) is 2.86. The molecule has 0 saturated carbocycles. The summed E-state index contributed by atoms with van der Waals surface area (Å²) in [5.41, 5.74) is 0.953. The predicted molar refractivity (Wildman–Crippen MR) is 85.4 cm³/mol. The summed E-state index contributed by atoms with van der Waals surface area (Å²) in [6.45, 7) is 1.73. The van der Waals surface area contributed by atoms with Crippen LogP contribution in [0.25, 0.3) is 0 Å². The van der Waals surface area contributed by atoms with Gasteiger partial charge in [0.15, 0.2) is 0 Å². The van der Waals surface area contributed by atoms with Gasteiger partial charge in [-0.15, -0.1) is 0 Å². The number of benzene rings is 1. The Hall–Kier alpha value is -2.34. The summed E-state index contributed by atoms with van der Waals surface area (Å²) in [4.78, 5) is 10.7. The number of aromatic nitrogens is 2. The molecule has 1 aromatic carbocycles. The molecule has 0 aliphatic heterocycles. The van der Waals surface area contributed by atoms with Crippen LogP contribution in [0.15, 0.2) is 36.5 Å². The molecule has 2 rings (SSSR count). The summed E-state index contributed by atoms with van der Waals surface area (Å²) in [7, 11) is 5.72. The van der Waals surface area contributed by atoms with Crippen molar-refractivity contribution in [1.82, 2.24) is 14.9 Å². The van der Waals surface area contributed by atoms with Crippen LogP contribution in [-0.2, 0) is 0 Å². The van der Waals surface area contributed by atoms with Crippen molar-refractivity contribution in [3.8, 4) is 5.75 Å². The number of methoxy groups -OCH3 is 1. The minimum atomic E-state index is 0.621. The van der Waals surface area contributed by atoms with Crippen LogP contribution in [0.3, 0.4) is 0 Å². The van der Waals surface area contributed by atoms with Crippen LogP contribution in [0.2, 0.25) is 0 Å². The van der Waals surface area contributed by atoms with E-state index < -0.39 is 0 Å². The van der Waals surface area contributed by atoms with Gasteiger partial charge in [0.25, 0.3) is 0 Å². The summed E-state index contributed by atoms with van der Waals surface area (Å²) < 4.78 is 5.13. The Morgan fingerprint density at radius 3 is 2.57 bits per heavy atom. The van der Waals surface area contributed by atoms with Gasteiger partial charge in [-0.2, -0.15) is 4.98 Å². The fraction of sp³-hybridized carbons (Fsp3) is 0.333. The fourth-order valence-corrected chi connectivity index (χ4v) is 1.73. The SMILES string of the molecule is COc1ccc(Nc2ccnc(NCCN(C)C)n2)cc1. The molecule has 2 N–H and O–H groups in total. The lowest BCUT2D eigenvalue weighted by Crippen LogP contribution is -2.21. The van der Waals surface area contributed by atoms with E-state index in [1.165, 1.54) is 0 Å². The Balaban J connectivity index is 1.96. The summed E-state index contributed by atoms with van der Waals surface area (Å²) >= 11 is 0. The van der Waals surface area contributed by atoms with Gasteiger partial charge in [0.05, 0.1) is 7.11 Å². The van der Waals surface area contributed by atoms with Gasteiger partial charge in [-0.05, 0) is 44.4 Å². The van der Waals surface area contributed by atoms with Crippen molar-refractivity contribution in [2.45, 2.75) is 0 Å². The van der Waals surface area contributed by atoms with Gasteiger partial charge in [-0.3, -0.25) is 0 Å². The standard InChI is InChI=1S/C15H21N5O/c1-20(2)11-10-17-15-16-9-8-14(19-15)18-12-4-6-13(21-3)7-5-12/h4-9H,10-11H2,1-3H3,(H2,16,17,18,19). The molecule has 0 saturated heterocycles. The van der Waals surface area contributed by atoms with Gasteiger partial charge in [0.1, 0.15) is 11.6 Å². The Morgan fingerprint density at radius 1 is 1.14 bits per heavy atom. The maximum atomic E-state index is 5.13. The number of nitrogens with zero attached hydrogens (tertiary/aromatic N) is 3. The molecule has 2 aromatic rings. The normalized spacial score (nSPS) is 10.5. The molecule has 0 spiro atoms. The highest BCUT2D eigenvalue weighted by Crippen LogP contribution is 2.18. The predicted octanol–water partition coefficient (Wildman–Crippen LogP) is 2.20. The first-order valence-electron chi connectivity index (χ1n) is 6.80. The maximum Gasteiger partial charge on any atom is 0.224 e. The third-order valence-corrected chi connectivity index (χ3v) is 2.86. The first-order chi connectivity index (χ1) is 10.2. The number of rotatable bonds is 7. The molecule has 21 heavy (non-hydrogen) atoms. The van der Waals surface area contributed by atoms with E-state index in [1.54, 1.807) is 13.3 Å². The monoisotopic (exact) mass is 287 g/mol. The van der Waals surface area contributed by atoms with Crippen molar-refractivity contribution in [3.05, 3.63) is 36.5 Å². The Bertz CT molecular complexity index is 556. The van der Waals surface area contributed by atoms with Crippen LogP contribution in [0.1, 0.15) is 0 Å². The smallest absolute Gasteiger partial charge is 0.224 e. The van der Waals surface area contributed by atoms with Crippen molar-refractivity contribution in [3.63, 3.8) is 0 Å². The second-order valence-electron chi connectivity index (χ2n) is 4.85. The van der Waals surface area contributed by atoms with Gasteiger partial charge < -0.3 is 20.3 Å². The average Bonchev–Trinajstić information content (AvgIpc) is 2.48. The number of hydrogen-bond acceptors (Lipinski definition) is 6. The van der Waals surface area contributed by atoms with Crippen LogP contribution >= 0.6 is 0 Å². The highest BCUT2D eigenvalue weighted by Gasteiger charge is 2.00. The van der Waals surface area contributed by atoms with Crippen molar-refractivity contribution < 1.29 is 4.74 Å². The molecular formula is C15H21N5O. The third kappa shape index (κ3) is 4.92. The highest BCUT2D eigenvalue weighted by molar-refractivity contribution is 5.57. The lowest BCUT2D eigenvalue weighted by atomic mass is 10.3.